The van der Waals surface area contributed by atoms with Crippen molar-refractivity contribution in [3.05, 3.63) is 47.4 Å². The predicted molar refractivity (Wildman–Crippen MR) is 166 cm³/mol. The maximum atomic E-state index is 13.1. The number of rotatable bonds is 20. The van der Waals surface area contributed by atoms with Gasteiger partial charge < -0.3 is 49.2 Å². The molecule has 0 radical (unpaired) electrons. The minimum atomic E-state index is -1.37. The summed E-state index contributed by atoms with van der Waals surface area (Å²) in [4.78, 5) is 23.5. The van der Waals surface area contributed by atoms with Gasteiger partial charge in [0.15, 0.2) is 11.9 Å². The van der Waals surface area contributed by atoms with E-state index in [0.717, 1.165) is 5.56 Å². The maximum absolute atomic E-state index is 13.1. The number of nitrogens with zero attached hydrogens (tertiary/aromatic N) is 5. The largest absolute Gasteiger partial charge is 0.394 e. The van der Waals surface area contributed by atoms with Gasteiger partial charge in [0.1, 0.15) is 30.7 Å². The van der Waals surface area contributed by atoms with E-state index in [0.29, 0.717) is 57.4 Å². The molecule has 1 fully saturated rings. The second-order valence-corrected chi connectivity index (χ2v) is 10.5. The van der Waals surface area contributed by atoms with Gasteiger partial charge in [0.2, 0.25) is 11.2 Å². The molecule has 4 atom stereocenters. The highest BCUT2D eigenvalue weighted by atomic mass is 35.5. The number of aliphatic hydroxyl groups is 3. The Morgan fingerprint density at radius 3 is 2.35 bits per heavy atom. The third-order valence-electron chi connectivity index (χ3n) is 6.88. The number of hydrogen-bond donors (Lipinski definition) is 4. The minimum absolute atomic E-state index is 0.0761. The zero-order valence-electron chi connectivity index (χ0n) is 25.2. The van der Waals surface area contributed by atoms with Gasteiger partial charge in [-0.1, -0.05) is 36.3 Å². The van der Waals surface area contributed by atoms with Crippen LogP contribution in [0, 0.1) is 12.3 Å². The summed E-state index contributed by atoms with van der Waals surface area (Å²) in [7, 11) is 0. The summed E-state index contributed by atoms with van der Waals surface area (Å²) in [5, 5.41) is 37.8. The van der Waals surface area contributed by atoms with E-state index in [-0.39, 0.29) is 43.1 Å². The van der Waals surface area contributed by atoms with Crippen LogP contribution in [0.2, 0.25) is 5.28 Å². The molecule has 0 bridgehead atoms. The Hall–Kier alpha value is -3.43. The summed E-state index contributed by atoms with van der Waals surface area (Å²) in [6.45, 7) is 3.05. The molecule has 1 amide bonds. The molecule has 1 aliphatic rings. The Bertz CT molecular complexity index is 1410. The fourth-order valence-corrected chi connectivity index (χ4v) is 4.85. The van der Waals surface area contributed by atoms with Crippen molar-refractivity contribution in [1.29, 1.82) is 0 Å². The molecular weight excluding hydrogens is 624 g/mol. The Balaban J connectivity index is 1.32. The zero-order valence-corrected chi connectivity index (χ0v) is 26.0. The first-order valence-electron chi connectivity index (χ1n) is 14.8. The van der Waals surface area contributed by atoms with E-state index in [1.165, 1.54) is 10.9 Å². The number of amides is 1. The molecule has 1 aliphatic heterocycles. The smallest absolute Gasteiger partial charge is 0.239 e. The average Bonchev–Trinajstić information content (AvgIpc) is 3.60. The van der Waals surface area contributed by atoms with Crippen molar-refractivity contribution in [2.45, 2.75) is 31.1 Å². The Kier molecular flexibility index (Phi) is 14.4. The molecule has 46 heavy (non-hydrogen) atoms. The molecule has 16 heteroatoms. The molecule has 2 aromatic heterocycles. The Morgan fingerprint density at radius 1 is 1.02 bits per heavy atom. The summed E-state index contributed by atoms with van der Waals surface area (Å²) in [5.74, 6) is 2.44. The normalized spacial score (nSPS) is 19.4. The van der Waals surface area contributed by atoms with Crippen LogP contribution in [0.1, 0.15) is 11.8 Å². The lowest BCUT2D eigenvalue weighted by molar-refractivity contribution is -0.120. The second-order valence-electron chi connectivity index (χ2n) is 10.2. The van der Waals surface area contributed by atoms with E-state index in [2.05, 4.69) is 26.3 Å². The van der Waals surface area contributed by atoms with Crippen LogP contribution in [0.5, 0.6) is 0 Å². The van der Waals surface area contributed by atoms with E-state index < -0.39 is 31.1 Å². The van der Waals surface area contributed by atoms with Gasteiger partial charge in [0.25, 0.3) is 0 Å². The molecular formula is C30H39ClN6O9. The van der Waals surface area contributed by atoms with Gasteiger partial charge >= 0.3 is 0 Å². The van der Waals surface area contributed by atoms with Gasteiger partial charge in [-0.3, -0.25) is 4.79 Å². The predicted octanol–water partition coefficient (Wildman–Crippen LogP) is -0.0864. The van der Waals surface area contributed by atoms with Crippen molar-refractivity contribution in [2.75, 3.05) is 77.5 Å². The van der Waals surface area contributed by atoms with Crippen LogP contribution in [0.4, 0.5) is 5.82 Å². The minimum Gasteiger partial charge on any atom is -0.394 e. The first-order valence-corrected chi connectivity index (χ1v) is 15.1. The van der Waals surface area contributed by atoms with E-state index in [1.807, 2.05) is 30.3 Å². The number of halogens is 1. The lowest BCUT2D eigenvalue weighted by atomic mass is 10.1. The van der Waals surface area contributed by atoms with E-state index >= 15 is 0 Å². The highest BCUT2D eigenvalue weighted by Crippen LogP contribution is 2.33. The van der Waals surface area contributed by atoms with Crippen molar-refractivity contribution in [3.8, 4) is 12.3 Å². The van der Waals surface area contributed by atoms with Crippen molar-refractivity contribution in [1.82, 2.24) is 25.1 Å². The summed E-state index contributed by atoms with van der Waals surface area (Å²) >= 11 is 6.34. The van der Waals surface area contributed by atoms with E-state index in [9.17, 15) is 20.1 Å². The van der Waals surface area contributed by atoms with E-state index in [4.69, 9.17) is 41.7 Å². The molecule has 250 valence electrons. The molecule has 15 nitrogen and oxygen atoms in total. The molecule has 0 spiro atoms. The Morgan fingerprint density at radius 2 is 1.70 bits per heavy atom. The van der Waals surface area contributed by atoms with Crippen LogP contribution in [-0.4, -0.2) is 132 Å². The lowest BCUT2D eigenvalue weighted by Gasteiger charge is -2.24. The number of aromatic nitrogens is 4. The number of ether oxygens (including phenoxy) is 5. The molecule has 1 unspecified atom stereocenters. The van der Waals surface area contributed by atoms with Gasteiger partial charge in [-0.05, 0) is 17.2 Å². The maximum Gasteiger partial charge on any atom is 0.239 e. The second kappa shape index (κ2) is 18.6. The fraction of sp³-hybridized carbons (Fsp3) is 0.533. The lowest BCUT2D eigenvalue weighted by Crippen LogP contribution is -2.39. The van der Waals surface area contributed by atoms with Crippen LogP contribution in [0.25, 0.3) is 11.0 Å². The third-order valence-corrected chi connectivity index (χ3v) is 7.05. The number of hydrogen-bond acceptors (Lipinski definition) is 13. The van der Waals surface area contributed by atoms with Gasteiger partial charge in [-0.2, -0.15) is 15.1 Å². The van der Waals surface area contributed by atoms with Crippen molar-refractivity contribution >= 4 is 34.4 Å². The standard InChI is InChI=1S/C30H39ClN6O9/c1-2-9-42-11-13-44-15-16-45-14-12-43-10-8-32-24(39)19-36(18-21-6-4-3-5-7-21)27-22-17-33-37(28(22)35-30(31)34-27)29-26(41)25(40)23(20-38)46-29/h1,3-7,17,23,25-26,29,38,40-41H,8-16,18-20H2,(H,32,39)/t23-,25-,26-,29?/m1/s1. The molecule has 4 rings (SSSR count). The Labute approximate surface area is 271 Å². The molecule has 3 heterocycles. The van der Waals surface area contributed by atoms with Crippen LogP contribution in [-0.2, 0) is 35.0 Å². The number of carbonyl (C=O) groups excluding carboxylic acids is 1. The van der Waals surface area contributed by atoms with Crippen molar-refractivity contribution in [3.63, 3.8) is 0 Å². The number of benzene rings is 1. The first-order chi connectivity index (χ1) is 22.4. The third kappa shape index (κ3) is 10.0. The van der Waals surface area contributed by atoms with Crippen LogP contribution in [0.3, 0.4) is 0 Å². The number of carbonyl (C=O) groups is 1. The number of terminal acetylenes is 1. The van der Waals surface area contributed by atoms with Crippen LogP contribution < -0.4 is 10.2 Å². The topological polar surface area (TPSA) is 183 Å². The average molecular weight is 663 g/mol. The van der Waals surface area contributed by atoms with Crippen LogP contribution in [0.15, 0.2) is 36.5 Å². The molecule has 3 aromatic rings. The number of aliphatic hydroxyl groups excluding tert-OH is 3. The molecule has 0 saturated carbocycles. The SMILES string of the molecule is C#CCOCCOCCOCCOCCNC(=O)CN(Cc1ccccc1)c1nc(Cl)nc2c1cnn2C1O[C@H](CO)[C@@H](O)[C@H]1O. The van der Waals surface area contributed by atoms with Gasteiger partial charge in [-0.15, -0.1) is 6.42 Å². The summed E-state index contributed by atoms with van der Waals surface area (Å²) in [6, 6.07) is 9.52. The summed E-state index contributed by atoms with van der Waals surface area (Å²) in [5.41, 5.74) is 1.14. The number of nitrogens with one attached hydrogen (secondary N) is 1. The molecule has 0 aliphatic carbocycles. The van der Waals surface area contributed by atoms with Crippen molar-refractivity contribution < 1.29 is 43.8 Å². The molecule has 1 saturated heterocycles. The summed E-state index contributed by atoms with van der Waals surface area (Å²) < 4.78 is 28.4. The molecule has 1 aromatic carbocycles. The highest BCUT2D eigenvalue weighted by molar-refractivity contribution is 6.28. The first kappa shape index (κ1) is 35.4. The van der Waals surface area contributed by atoms with Gasteiger partial charge in [0.05, 0.1) is 71.0 Å². The van der Waals surface area contributed by atoms with E-state index in [1.54, 1.807) is 4.90 Å². The monoisotopic (exact) mass is 662 g/mol. The van der Waals surface area contributed by atoms with Gasteiger partial charge in [0, 0.05) is 13.1 Å². The quantitative estimate of drug-likeness (QED) is 0.0716. The van der Waals surface area contributed by atoms with Gasteiger partial charge in [-0.25, -0.2) is 4.68 Å². The van der Waals surface area contributed by atoms with Crippen LogP contribution >= 0.6 is 11.6 Å². The highest BCUT2D eigenvalue weighted by Gasteiger charge is 2.44. The number of anilines is 1. The fourth-order valence-electron chi connectivity index (χ4n) is 4.69. The van der Waals surface area contributed by atoms with Crippen molar-refractivity contribution in [2.24, 2.45) is 0 Å². The zero-order chi connectivity index (χ0) is 32.7. The summed E-state index contributed by atoms with van der Waals surface area (Å²) in [6.07, 6.45) is 1.75. The molecule has 4 N–H and O–H groups in total. The number of fused-ring (bicyclic) bond motifs is 1.